The molecule has 5 heteroatoms. The zero-order chi connectivity index (χ0) is 21.1. The second kappa shape index (κ2) is 9.25. The van der Waals surface area contributed by atoms with Crippen LogP contribution in [0.2, 0.25) is 0 Å². The van der Waals surface area contributed by atoms with Gasteiger partial charge in [-0.2, -0.15) is 0 Å². The number of aryl methyl sites for hydroxylation is 1. The average Bonchev–Trinajstić information content (AvgIpc) is 2.77. The molecule has 2 aromatic carbocycles. The predicted molar refractivity (Wildman–Crippen MR) is 123 cm³/mol. The van der Waals surface area contributed by atoms with Crippen LogP contribution in [0, 0.1) is 12.8 Å². The number of carbonyl (C=O) groups is 2. The molecule has 1 aliphatic heterocycles. The van der Waals surface area contributed by atoms with Crippen molar-refractivity contribution in [3.63, 3.8) is 0 Å². The highest BCUT2D eigenvalue weighted by Crippen LogP contribution is 2.42. The van der Waals surface area contributed by atoms with Gasteiger partial charge in [-0.15, -0.1) is 11.8 Å². The maximum absolute atomic E-state index is 13.5. The van der Waals surface area contributed by atoms with Crippen molar-refractivity contribution >= 4 is 29.3 Å². The molecule has 1 N–H and O–H groups in total. The number of anilines is 1. The first kappa shape index (κ1) is 21.0. The minimum absolute atomic E-state index is 0.00224. The molecule has 1 fully saturated rings. The molecule has 0 aromatic heterocycles. The molecular weight excluding hydrogens is 392 g/mol. The topological polar surface area (TPSA) is 49.4 Å². The van der Waals surface area contributed by atoms with Crippen LogP contribution < -0.4 is 10.2 Å². The van der Waals surface area contributed by atoms with Gasteiger partial charge in [0.15, 0.2) is 0 Å². The summed E-state index contributed by atoms with van der Waals surface area (Å²) in [6, 6.07) is 16.6. The molecule has 4 rings (SSSR count). The second-order valence-corrected chi connectivity index (χ2v) is 9.73. The maximum Gasteiger partial charge on any atom is 0.241 e. The Hall–Kier alpha value is -2.27. The van der Waals surface area contributed by atoms with Crippen LogP contribution in [-0.4, -0.2) is 23.1 Å². The SMILES string of the molecule is Cc1ccc(CN2C(=O)[C@H]([C@H](C)C(=O)NC3CCCCC3)Sc3ccccc32)cc1. The van der Waals surface area contributed by atoms with Gasteiger partial charge >= 0.3 is 0 Å². The van der Waals surface area contributed by atoms with Gasteiger partial charge < -0.3 is 10.2 Å². The fourth-order valence-electron chi connectivity index (χ4n) is 4.31. The van der Waals surface area contributed by atoms with Crippen molar-refractivity contribution < 1.29 is 9.59 Å². The van der Waals surface area contributed by atoms with Gasteiger partial charge in [-0.1, -0.05) is 68.1 Å². The van der Waals surface area contributed by atoms with E-state index in [-0.39, 0.29) is 23.8 Å². The van der Waals surface area contributed by atoms with E-state index in [4.69, 9.17) is 0 Å². The van der Waals surface area contributed by atoms with Gasteiger partial charge in [0.1, 0.15) is 5.25 Å². The van der Waals surface area contributed by atoms with Crippen molar-refractivity contribution in [2.24, 2.45) is 5.92 Å². The highest BCUT2D eigenvalue weighted by molar-refractivity contribution is 8.01. The zero-order valence-electron chi connectivity index (χ0n) is 17.8. The van der Waals surface area contributed by atoms with Crippen molar-refractivity contribution in [1.82, 2.24) is 5.32 Å². The molecule has 4 nitrogen and oxygen atoms in total. The molecule has 0 radical (unpaired) electrons. The summed E-state index contributed by atoms with van der Waals surface area (Å²) in [5.41, 5.74) is 3.23. The lowest BCUT2D eigenvalue weighted by Gasteiger charge is -2.36. The monoisotopic (exact) mass is 422 g/mol. The number of hydrogen-bond donors (Lipinski definition) is 1. The van der Waals surface area contributed by atoms with Crippen molar-refractivity contribution in [2.75, 3.05) is 4.90 Å². The quantitative estimate of drug-likeness (QED) is 0.730. The summed E-state index contributed by atoms with van der Waals surface area (Å²) in [4.78, 5) is 29.4. The van der Waals surface area contributed by atoms with Crippen LogP contribution in [0.3, 0.4) is 0 Å². The zero-order valence-corrected chi connectivity index (χ0v) is 18.6. The predicted octanol–water partition coefficient (Wildman–Crippen LogP) is 5.09. The Bertz CT molecular complexity index is 906. The molecular formula is C25H30N2O2S. The van der Waals surface area contributed by atoms with E-state index in [1.165, 1.54) is 36.6 Å². The highest BCUT2D eigenvalue weighted by Gasteiger charge is 2.39. The Morgan fingerprint density at radius 3 is 2.53 bits per heavy atom. The van der Waals surface area contributed by atoms with Crippen molar-refractivity contribution in [1.29, 1.82) is 0 Å². The van der Waals surface area contributed by atoms with Gasteiger partial charge in [0, 0.05) is 10.9 Å². The summed E-state index contributed by atoms with van der Waals surface area (Å²) < 4.78 is 0. The van der Waals surface area contributed by atoms with Gasteiger partial charge in [0.05, 0.1) is 18.2 Å². The molecule has 2 atom stereocenters. The fraction of sp³-hybridized carbons (Fsp3) is 0.440. The number of rotatable bonds is 5. The molecule has 2 aromatic rings. The Balaban J connectivity index is 1.54. The first-order valence-corrected chi connectivity index (χ1v) is 11.8. The fourth-order valence-corrected chi connectivity index (χ4v) is 5.60. The minimum atomic E-state index is -0.408. The highest BCUT2D eigenvalue weighted by atomic mass is 32.2. The molecule has 0 unspecified atom stereocenters. The Morgan fingerprint density at radius 2 is 1.80 bits per heavy atom. The second-order valence-electron chi connectivity index (χ2n) is 8.55. The van der Waals surface area contributed by atoms with Crippen molar-refractivity contribution in [2.45, 2.75) is 68.7 Å². The summed E-state index contributed by atoms with van der Waals surface area (Å²) in [5, 5.41) is 2.80. The van der Waals surface area contributed by atoms with E-state index in [2.05, 4.69) is 36.5 Å². The van der Waals surface area contributed by atoms with Crippen molar-refractivity contribution in [3.05, 3.63) is 59.7 Å². The number of carbonyl (C=O) groups excluding carboxylic acids is 2. The Labute approximate surface area is 183 Å². The van der Waals surface area contributed by atoms with Crippen LogP contribution in [0.4, 0.5) is 5.69 Å². The van der Waals surface area contributed by atoms with Crippen molar-refractivity contribution in [3.8, 4) is 0 Å². The van der Waals surface area contributed by atoms with Crippen LogP contribution in [-0.2, 0) is 16.1 Å². The lowest BCUT2D eigenvalue weighted by molar-refractivity contribution is -0.129. The number of nitrogens with one attached hydrogen (secondary N) is 1. The molecule has 0 bridgehead atoms. The third-order valence-electron chi connectivity index (χ3n) is 6.20. The molecule has 1 heterocycles. The molecule has 2 amide bonds. The van der Waals surface area contributed by atoms with E-state index in [1.54, 1.807) is 0 Å². The van der Waals surface area contributed by atoms with Gasteiger partial charge in [0.2, 0.25) is 11.8 Å². The Morgan fingerprint density at radius 1 is 1.10 bits per heavy atom. The van der Waals surface area contributed by atoms with E-state index in [0.717, 1.165) is 29.0 Å². The molecule has 0 spiro atoms. The number of nitrogens with zero attached hydrogens (tertiary/aromatic N) is 1. The molecule has 158 valence electrons. The van der Waals surface area contributed by atoms with E-state index in [0.29, 0.717) is 6.54 Å². The molecule has 1 aliphatic carbocycles. The van der Waals surface area contributed by atoms with Crippen LogP contribution in [0.1, 0.15) is 50.2 Å². The number of hydrogen-bond acceptors (Lipinski definition) is 3. The van der Waals surface area contributed by atoms with Crippen LogP contribution in [0.15, 0.2) is 53.4 Å². The summed E-state index contributed by atoms with van der Waals surface area (Å²) in [7, 11) is 0. The van der Waals surface area contributed by atoms with E-state index < -0.39 is 5.25 Å². The number of fused-ring (bicyclic) bond motifs is 1. The summed E-state index contributed by atoms with van der Waals surface area (Å²) in [6.07, 6.45) is 5.70. The van der Waals surface area contributed by atoms with Gasteiger partial charge in [-0.25, -0.2) is 0 Å². The summed E-state index contributed by atoms with van der Waals surface area (Å²) in [6.45, 7) is 4.47. The minimum Gasteiger partial charge on any atom is -0.353 e. The number of thioether (sulfide) groups is 1. The third-order valence-corrected chi connectivity index (χ3v) is 7.66. The average molecular weight is 423 g/mol. The smallest absolute Gasteiger partial charge is 0.241 e. The van der Waals surface area contributed by atoms with Crippen LogP contribution >= 0.6 is 11.8 Å². The number of para-hydroxylation sites is 1. The number of benzene rings is 2. The first-order chi connectivity index (χ1) is 14.5. The number of amides is 2. The van der Waals surface area contributed by atoms with Crippen LogP contribution in [0.25, 0.3) is 0 Å². The summed E-state index contributed by atoms with van der Waals surface area (Å²) >= 11 is 1.53. The Kier molecular flexibility index (Phi) is 6.47. The van der Waals surface area contributed by atoms with Gasteiger partial charge in [-0.05, 0) is 37.5 Å². The van der Waals surface area contributed by atoms with Crippen LogP contribution in [0.5, 0.6) is 0 Å². The maximum atomic E-state index is 13.5. The molecule has 1 saturated carbocycles. The molecule has 0 saturated heterocycles. The first-order valence-electron chi connectivity index (χ1n) is 11.0. The molecule has 30 heavy (non-hydrogen) atoms. The van der Waals surface area contributed by atoms with E-state index in [9.17, 15) is 9.59 Å². The van der Waals surface area contributed by atoms with E-state index in [1.807, 2.05) is 36.1 Å². The normalized spacial score (nSPS) is 20.5. The lowest BCUT2D eigenvalue weighted by atomic mass is 9.94. The van der Waals surface area contributed by atoms with Gasteiger partial charge in [-0.3, -0.25) is 9.59 Å². The third kappa shape index (κ3) is 4.56. The standard InChI is InChI=1S/C25H30N2O2S/c1-17-12-14-19(15-13-17)16-27-21-10-6-7-11-22(21)30-23(25(27)29)18(2)24(28)26-20-8-4-3-5-9-20/h6-7,10-15,18,20,23H,3-5,8-9,16H2,1-2H3,(H,26,28)/t18-,23-/m0/s1. The van der Waals surface area contributed by atoms with Gasteiger partial charge in [0.25, 0.3) is 0 Å². The largest absolute Gasteiger partial charge is 0.353 e. The lowest BCUT2D eigenvalue weighted by Crippen LogP contribution is -2.49. The van der Waals surface area contributed by atoms with E-state index >= 15 is 0 Å². The molecule has 2 aliphatic rings. The summed E-state index contributed by atoms with van der Waals surface area (Å²) in [5.74, 6) is -0.355.